The topological polar surface area (TPSA) is 14.1 Å². The first-order valence-corrected chi connectivity index (χ1v) is 16.5. The molecule has 0 atom stereocenters. The van der Waals surface area contributed by atoms with Crippen LogP contribution >= 0.6 is 0 Å². The van der Waals surface area contributed by atoms with Crippen molar-refractivity contribution in [2.24, 2.45) is 0 Å². The summed E-state index contributed by atoms with van der Waals surface area (Å²) in [4.78, 5) is 0. The lowest BCUT2D eigenvalue weighted by Crippen LogP contribution is -1.92. The Morgan fingerprint density at radius 3 is 0.943 bits per heavy atom. The zero-order valence-corrected chi connectivity index (χ0v) is 24.2. The predicted molar refractivity (Wildman–Crippen MR) is 159 cm³/mol. The fraction of sp³-hybridized carbons (Fsp3) is 0.882. The summed E-state index contributed by atoms with van der Waals surface area (Å²) in [7, 11) is 0. The van der Waals surface area contributed by atoms with Gasteiger partial charge in [-0.05, 0) is 25.0 Å². The summed E-state index contributed by atoms with van der Waals surface area (Å²) < 4.78 is 0. The number of rotatable bonds is 29. The van der Waals surface area contributed by atoms with Gasteiger partial charge in [-0.25, -0.2) is 0 Å². The molecule has 0 aliphatic carbocycles. The van der Waals surface area contributed by atoms with E-state index in [1.54, 1.807) is 0 Å². The fourth-order valence-electron chi connectivity index (χ4n) is 5.46. The van der Waals surface area contributed by atoms with Crippen molar-refractivity contribution in [3.8, 4) is 0 Å². The molecule has 205 valence electrons. The van der Waals surface area contributed by atoms with E-state index in [-0.39, 0.29) is 0 Å². The van der Waals surface area contributed by atoms with Crippen LogP contribution in [-0.4, -0.2) is 0 Å². The highest BCUT2D eigenvalue weighted by atomic mass is 14.9. The molecule has 0 N–H and O–H groups in total. The third kappa shape index (κ3) is 24.7. The monoisotopic (exact) mass is 487 g/mol. The average Bonchev–Trinajstić information content (AvgIpc) is 3.39. The van der Waals surface area contributed by atoms with Gasteiger partial charge in [0.1, 0.15) is 0 Å². The summed E-state index contributed by atoms with van der Waals surface area (Å²) in [5, 5.41) is 4.35. The maximum Gasteiger partial charge on any atom is 0.0404 e. The summed E-state index contributed by atoms with van der Waals surface area (Å²) in [6, 6.07) is 0. The molecule has 0 saturated carbocycles. The van der Waals surface area contributed by atoms with Crippen LogP contribution in [0, 0.1) is 0 Å². The Morgan fingerprint density at radius 2 is 0.686 bits per heavy atom. The second-order valence-corrected chi connectivity index (χ2v) is 11.4. The second-order valence-electron chi connectivity index (χ2n) is 11.4. The summed E-state index contributed by atoms with van der Waals surface area (Å²) >= 11 is 0. The minimum atomic E-state index is 1.17. The maximum absolute atomic E-state index is 4.35. The highest BCUT2D eigenvalue weighted by Gasteiger charge is 2.00. The quantitative estimate of drug-likeness (QED) is 0.0933. The van der Waals surface area contributed by atoms with Crippen LogP contribution in [0.25, 0.3) is 0 Å². The van der Waals surface area contributed by atoms with Crippen molar-refractivity contribution < 1.29 is 0 Å². The molecule has 35 heavy (non-hydrogen) atoms. The molecule has 0 aromatic carbocycles. The molecule has 0 aromatic heterocycles. The van der Waals surface area contributed by atoms with Crippen LogP contribution in [0.4, 0.5) is 0 Å². The van der Waals surface area contributed by atoms with Crippen LogP contribution in [0.3, 0.4) is 0 Å². The van der Waals surface area contributed by atoms with E-state index in [1.807, 2.05) is 6.20 Å². The molecular formula is C34H64N. The summed E-state index contributed by atoms with van der Waals surface area (Å²) in [5.41, 5.74) is 1.28. The Bertz CT molecular complexity index is 463. The molecule has 1 heteroatoms. The molecule has 1 aliphatic rings. The van der Waals surface area contributed by atoms with Crippen molar-refractivity contribution in [1.29, 1.82) is 0 Å². The Balaban J connectivity index is 1.61. The molecule has 1 nitrogen and oxygen atoms in total. The summed E-state index contributed by atoms with van der Waals surface area (Å²) in [6.45, 7) is 2.31. The lowest BCUT2D eigenvalue weighted by molar-refractivity contribution is 0.514. The third-order valence-corrected chi connectivity index (χ3v) is 7.90. The minimum absolute atomic E-state index is 1.17. The number of hydrogen-bond acceptors (Lipinski definition) is 0. The van der Waals surface area contributed by atoms with Gasteiger partial charge in [0.2, 0.25) is 0 Å². The van der Waals surface area contributed by atoms with Gasteiger partial charge in [0, 0.05) is 11.9 Å². The van der Waals surface area contributed by atoms with Crippen molar-refractivity contribution >= 4 is 0 Å². The lowest BCUT2D eigenvalue weighted by Gasteiger charge is -2.05. The Morgan fingerprint density at radius 1 is 0.400 bits per heavy atom. The number of unbranched alkanes of at least 4 members (excludes halogenated alkanes) is 27. The Labute approximate surface area is 222 Å². The first-order valence-electron chi connectivity index (χ1n) is 16.5. The van der Waals surface area contributed by atoms with Gasteiger partial charge in [-0.3, -0.25) is 5.32 Å². The van der Waals surface area contributed by atoms with E-state index in [1.165, 1.54) is 192 Å². The van der Waals surface area contributed by atoms with E-state index >= 15 is 0 Å². The molecular weight excluding hydrogens is 422 g/mol. The lowest BCUT2D eigenvalue weighted by atomic mass is 10.0. The molecule has 0 saturated heterocycles. The number of allylic oxidation sites excluding steroid dienone is 3. The first kappa shape index (κ1) is 32.3. The standard InChI is InChI=1S/C34H64N/c1-2-3-4-5-6-7-8-9-10-11-12-13-14-15-16-17-18-19-20-21-22-23-24-25-26-27-28-29-31-34-32-30-33-35-34/h30,32-33H,2-29,31H2,1H3. The van der Waals surface area contributed by atoms with Gasteiger partial charge in [0.05, 0.1) is 0 Å². The minimum Gasteiger partial charge on any atom is -0.261 e. The summed E-state index contributed by atoms with van der Waals surface area (Å²) in [5.74, 6) is 0. The van der Waals surface area contributed by atoms with Crippen LogP contribution in [0.1, 0.15) is 193 Å². The van der Waals surface area contributed by atoms with Gasteiger partial charge in [0.25, 0.3) is 0 Å². The van der Waals surface area contributed by atoms with E-state index in [9.17, 15) is 0 Å². The van der Waals surface area contributed by atoms with Crippen molar-refractivity contribution in [3.63, 3.8) is 0 Å². The third-order valence-electron chi connectivity index (χ3n) is 7.90. The molecule has 0 aromatic rings. The Hall–Kier alpha value is -0.720. The molecule has 1 radical (unpaired) electrons. The smallest absolute Gasteiger partial charge is 0.0404 e. The number of hydrogen-bond donors (Lipinski definition) is 0. The Kier molecular flexibility index (Phi) is 25.7. The molecule has 0 fully saturated rings. The van der Waals surface area contributed by atoms with Crippen molar-refractivity contribution in [1.82, 2.24) is 5.32 Å². The molecule has 0 unspecified atom stereocenters. The van der Waals surface area contributed by atoms with Gasteiger partial charge in [-0.1, -0.05) is 180 Å². The zero-order valence-electron chi connectivity index (χ0n) is 24.2. The van der Waals surface area contributed by atoms with E-state index in [0.29, 0.717) is 0 Å². The van der Waals surface area contributed by atoms with E-state index in [2.05, 4.69) is 24.4 Å². The number of nitrogens with zero attached hydrogens (tertiary/aromatic N) is 1. The molecule has 0 bridgehead atoms. The molecule has 0 amide bonds. The van der Waals surface area contributed by atoms with Crippen LogP contribution in [0.2, 0.25) is 0 Å². The molecule has 0 spiro atoms. The van der Waals surface area contributed by atoms with E-state index < -0.39 is 0 Å². The largest absolute Gasteiger partial charge is 0.261 e. The average molecular weight is 487 g/mol. The molecule has 1 rings (SSSR count). The van der Waals surface area contributed by atoms with Crippen LogP contribution < -0.4 is 5.32 Å². The molecule has 1 heterocycles. The van der Waals surface area contributed by atoms with Crippen LogP contribution in [-0.2, 0) is 0 Å². The normalized spacial score (nSPS) is 12.9. The summed E-state index contributed by atoms with van der Waals surface area (Å²) in [6.07, 6.45) is 48.2. The van der Waals surface area contributed by atoms with Gasteiger partial charge in [0.15, 0.2) is 0 Å². The fourth-order valence-corrected chi connectivity index (χ4v) is 5.46. The van der Waals surface area contributed by atoms with Gasteiger partial charge in [-0.15, -0.1) is 0 Å². The first-order chi connectivity index (χ1) is 17.4. The van der Waals surface area contributed by atoms with Gasteiger partial charge in [-0.2, -0.15) is 0 Å². The zero-order chi connectivity index (χ0) is 24.9. The maximum atomic E-state index is 4.35. The SMILES string of the molecule is CCCCCCCCCCCCCCCCCCCCCCCCCCCCCCC1=CC=C[N]1. The van der Waals surface area contributed by atoms with E-state index in [4.69, 9.17) is 0 Å². The van der Waals surface area contributed by atoms with Crippen molar-refractivity contribution in [3.05, 3.63) is 24.0 Å². The highest BCUT2D eigenvalue weighted by Crippen LogP contribution is 2.17. The molecule has 1 aliphatic heterocycles. The predicted octanol–water partition coefficient (Wildman–Crippen LogP) is 12.3. The van der Waals surface area contributed by atoms with Crippen LogP contribution in [0.5, 0.6) is 0 Å². The second kappa shape index (κ2) is 27.9. The highest BCUT2D eigenvalue weighted by molar-refractivity contribution is 5.19. The van der Waals surface area contributed by atoms with Crippen molar-refractivity contribution in [2.45, 2.75) is 193 Å². The van der Waals surface area contributed by atoms with E-state index in [0.717, 1.165) is 0 Å². The van der Waals surface area contributed by atoms with Gasteiger partial charge >= 0.3 is 0 Å². The van der Waals surface area contributed by atoms with Crippen molar-refractivity contribution in [2.75, 3.05) is 0 Å². The van der Waals surface area contributed by atoms with Gasteiger partial charge < -0.3 is 0 Å². The van der Waals surface area contributed by atoms with Crippen LogP contribution in [0.15, 0.2) is 24.0 Å².